The summed E-state index contributed by atoms with van der Waals surface area (Å²) >= 11 is 4.67. The first-order chi connectivity index (χ1) is 15.2. The summed E-state index contributed by atoms with van der Waals surface area (Å²) in [5.41, 5.74) is 3.26. The van der Waals surface area contributed by atoms with Gasteiger partial charge >= 0.3 is 0 Å². The van der Waals surface area contributed by atoms with E-state index < -0.39 is 0 Å². The number of thiazole rings is 1. The van der Waals surface area contributed by atoms with Gasteiger partial charge in [-0.15, -0.1) is 21.5 Å². The van der Waals surface area contributed by atoms with Crippen molar-refractivity contribution in [1.82, 2.24) is 15.2 Å². The molecule has 31 heavy (non-hydrogen) atoms. The maximum Gasteiger partial charge on any atom is 0.291 e. The fraction of sp³-hybridized carbons (Fsp3) is 0.0909. The van der Waals surface area contributed by atoms with E-state index in [0.717, 1.165) is 30.9 Å². The highest BCUT2D eigenvalue weighted by Crippen LogP contribution is 2.33. The van der Waals surface area contributed by atoms with Gasteiger partial charge in [0.25, 0.3) is 5.91 Å². The number of para-hydroxylation sites is 1. The Balaban J connectivity index is 1.40. The van der Waals surface area contributed by atoms with E-state index in [1.165, 1.54) is 11.3 Å². The molecular weight excluding hydrogens is 448 g/mol. The highest BCUT2D eigenvalue weighted by Gasteiger charge is 2.21. The minimum atomic E-state index is -0.276. The van der Waals surface area contributed by atoms with E-state index in [4.69, 9.17) is 4.42 Å². The lowest BCUT2D eigenvalue weighted by atomic mass is 10.1. The van der Waals surface area contributed by atoms with Gasteiger partial charge in [0.15, 0.2) is 10.1 Å². The number of benzene rings is 2. The number of carbonyl (C=O) groups is 1. The van der Waals surface area contributed by atoms with Crippen LogP contribution in [-0.2, 0) is 5.75 Å². The number of nitrogens with one attached hydrogen (secondary N) is 1. The van der Waals surface area contributed by atoms with Crippen molar-refractivity contribution in [3.05, 3.63) is 76.4 Å². The molecular formula is C22H16N4O2S3. The molecule has 0 aliphatic rings. The van der Waals surface area contributed by atoms with Gasteiger partial charge in [0.1, 0.15) is 15.6 Å². The van der Waals surface area contributed by atoms with Crippen LogP contribution >= 0.6 is 34.4 Å². The first-order valence-electron chi connectivity index (χ1n) is 9.42. The molecule has 3 aromatic heterocycles. The number of hydrogen-bond donors (Lipinski definition) is 1. The lowest BCUT2D eigenvalue weighted by Crippen LogP contribution is -2.12. The van der Waals surface area contributed by atoms with Crippen LogP contribution in [0.4, 0.5) is 5.69 Å². The van der Waals surface area contributed by atoms with Gasteiger partial charge < -0.3 is 9.73 Å². The van der Waals surface area contributed by atoms with E-state index in [-0.39, 0.29) is 5.91 Å². The standard InChI is InChI=1S/C22H16N4O2S3/c1-13-25-26-22(31-13)30-12-17-16-4-2-3-5-18(16)28-19(17)20(27)24-15-8-6-14(7-9-15)21-23-10-11-29-21/h2-11H,12H2,1H3,(H,24,27). The Morgan fingerprint density at radius 3 is 2.71 bits per heavy atom. The number of aryl methyl sites for hydroxylation is 1. The van der Waals surface area contributed by atoms with Crippen LogP contribution < -0.4 is 5.32 Å². The van der Waals surface area contributed by atoms with Gasteiger partial charge in [-0.1, -0.05) is 41.3 Å². The average molecular weight is 465 g/mol. The van der Waals surface area contributed by atoms with Gasteiger partial charge in [-0.25, -0.2) is 4.98 Å². The minimum absolute atomic E-state index is 0.276. The Labute approximate surface area is 190 Å². The molecule has 1 amide bonds. The van der Waals surface area contributed by atoms with Crippen LogP contribution in [0.2, 0.25) is 0 Å². The fourth-order valence-corrected chi connectivity index (χ4v) is 5.63. The second-order valence-corrected chi connectivity index (χ2v) is 9.95. The Hall–Kier alpha value is -3.01. The van der Waals surface area contributed by atoms with Crippen LogP contribution in [0.5, 0.6) is 0 Å². The van der Waals surface area contributed by atoms with Crippen molar-refractivity contribution in [3.8, 4) is 10.6 Å². The van der Waals surface area contributed by atoms with Gasteiger partial charge in [-0.3, -0.25) is 4.79 Å². The number of hydrogen-bond acceptors (Lipinski definition) is 8. The third-order valence-electron chi connectivity index (χ3n) is 4.57. The van der Waals surface area contributed by atoms with Gasteiger partial charge in [0, 0.05) is 39.5 Å². The fourth-order valence-electron chi connectivity index (χ4n) is 3.15. The molecule has 6 nitrogen and oxygen atoms in total. The number of amides is 1. The summed E-state index contributed by atoms with van der Waals surface area (Å²) in [7, 11) is 0. The lowest BCUT2D eigenvalue weighted by molar-refractivity contribution is 0.0998. The summed E-state index contributed by atoms with van der Waals surface area (Å²) in [6.07, 6.45) is 1.78. The summed E-state index contributed by atoms with van der Waals surface area (Å²) in [6, 6.07) is 15.3. The molecule has 5 aromatic rings. The molecule has 0 bridgehead atoms. The monoisotopic (exact) mass is 464 g/mol. The number of furan rings is 1. The Morgan fingerprint density at radius 1 is 1.13 bits per heavy atom. The van der Waals surface area contributed by atoms with Crippen molar-refractivity contribution in [2.24, 2.45) is 0 Å². The summed E-state index contributed by atoms with van der Waals surface area (Å²) in [6.45, 7) is 1.92. The quantitative estimate of drug-likeness (QED) is 0.299. The van der Waals surface area contributed by atoms with Crippen molar-refractivity contribution in [2.45, 2.75) is 17.0 Å². The maximum atomic E-state index is 13.1. The molecule has 0 aliphatic carbocycles. The molecule has 0 saturated heterocycles. The van der Waals surface area contributed by atoms with Crippen molar-refractivity contribution in [1.29, 1.82) is 0 Å². The molecule has 3 heterocycles. The third-order valence-corrected chi connectivity index (χ3v) is 7.39. The van der Waals surface area contributed by atoms with E-state index in [9.17, 15) is 4.79 Å². The normalized spacial score (nSPS) is 11.1. The third kappa shape index (κ3) is 4.25. The Morgan fingerprint density at radius 2 is 1.97 bits per heavy atom. The molecule has 0 unspecified atom stereocenters. The van der Waals surface area contributed by atoms with Gasteiger partial charge in [0.2, 0.25) is 0 Å². The first kappa shape index (κ1) is 19.9. The van der Waals surface area contributed by atoms with Gasteiger partial charge in [-0.2, -0.15) is 0 Å². The zero-order valence-corrected chi connectivity index (χ0v) is 18.8. The van der Waals surface area contributed by atoms with E-state index in [2.05, 4.69) is 20.5 Å². The van der Waals surface area contributed by atoms with Crippen LogP contribution in [0.15, 0.2) is 68.9 Å². The molecule has 1 N–H and O–H groups in total. The zero-order chi connectivity index (χ0) is 21.2. The second kappa shape index (κ2) is 8.62. The summed E-state index contributed by atoms with van der Waals surface area (Å²) in [4.78, 5) is 17.4. The Bertz CT molecular complexity index is 1340. The zero-order valence-electron chi connectivity index (χ0n) is 16.4. The number of anilines is 1. The maximum absolute atomic E-state index is 13.1. The number of carbonyl (C=O) groups excluding carboxylic acids is 1. The first-order valence-corrected chi connectivity index (χ1v) is 12.1. The predicted octanol–water partition coefficient (Wildman–Crippen LogP) is 6.26. The van der Waals surface area contributed by atoms with Crippen molar-refractivity contribution in [3.63, 3.8) is 0 Å². The number of fused-ring (bicyclic) bond motifs is 1. The smallest absolute Gasteiger partial charge is 0.291 e. The average Bonchev–Trinajstić information content (AvgIpc) is 3.53. The number of thioether (sulfide) groups is 1. The van der Waals surface area contributed by atoms with Gasteiger partial charge in [0.05, 0.1) is 0 Å². The van der Waals surface area contributed by atoms with E-state index >= 15 is 0 Å². The van der Waals surface area contributed by atoms with E-state index in [1.54, 1.807) is 29.3 Å². The van der Waals surface area contributed by atoms with E-state index in [1.807, 2.05) is 60.8 Å². The topological polar surface area (TPSA) is 80.9 Å². The van der Waals surface area contributed by atoms with Crippen LogP contribution in [0, 0.1) is 6.92 Å². The largest absolute Gasteiger partial charge is 0.451 e. The number of rotatable bonds is 6. The molecule has 154 valence electrons. The highest BCUT2D eigenvalue weighted by molar-refractivity contribution is 8.00. The number of aromatic nitrogens is 3. The minimum Gasteiger partial charge on any atom is -0.451 e. The summed E-state index contributed by atoms with van der Waals surface area (Å²) in [5, 5.41) is 15.9. The lowest BCUT2D eigenvalue weighted by Gasteiger charge is -2.06. The SMILES string of the molecule is Cc1nnc(SCc2c(C(=O)Nc3ccc(-c4nccs4)cc3)oc3ccccc23)s1. The van der Waals surface area contributed by atoms with E-state index in [0.29, 0.717) is 22.8 Å². The van der Waals surface area contributed by atoms with Crippen molar-refractivity contribution >= 4 is 57.0 Å². The predicted molar refractivity (Wildman–Crippen MR) is 126 cm³/mol. The Kier molecular flexibility index (Phi) is 5.54. The summed E-state index contributed by atoms with van der Waals surface area (Å²) < 4.78 is 6.81. The molecule has 0 atom stereocenters. The molecule has 0 radical (unpaired) electrons. The van der Waals surface area contributed by atoms with Crippen LogP contribution in [0.1, 0.15) is 21.1 Å². The van der Waals surface area contributed by atoms with Crippen molar-refractivity contribution < 1.29 is 9.21 Å². The van der Waals surface area contributed by atoms with Crippen LogP contribution in [0.25, 0.3) is 21.5 Å². The molecule has 0 aliphatic heterocycles. The molecule has 5 rings (SSSR count). The molecule has 0 saturated carbocycles. The number of nitrogens with zero attached hydrogens (tertiary/aromatic N) is 3. The van der Waals surface area contributed by atoms with Crippen LogP contribution in [0.3, 0.4) is 0 Å². The summed E-state index contributed by atoms with van der Waals surface area (Å²) in [5.74, 6) is 0.610. The molecule has 2 aromatic carbocycles. The molecule has 0 fully saturated rings. The highest BCUT2D eigenvalue weighted by atomic mass is 32.2. The van der Waals surface area contributed by atoms with Crippen molar-refractivity contribution in [2.75, 3.05) is 5.32 Å². The molecule has 9 heteroatoms. The van der Waals surface area contributed by atoms with Gasteiger partial charge in [-0.05, 0) is 37.3 Å². The molecule has 0 spiro atoms. The second-order valence-electron chi connectivity index (χ2n) is 6.65. The van der Waals surface area contributed by atoms with Crippen LogP contribution in [-0.4, -0.2) is 21.1 Å².